The van der Waals surface area contributed by atoms with E-state index in [0.717, 1.165) is 42.9 Å². The molecule has 2 atom stereocenters. The highest BCUT2D eigenvalue weighted by molar-refractivity contribution is 8.00. The van der Waals surface area contributed by atoms with Gasteiger partial charge in [0, 0.05) is 30.1 Å². The van der Waals surface area contributed by atoms with Crippen LogP contribution < -0.4 is 0 Å². The molecule has 3 nitrogen and oxygen atoms in total. The summed E-state index contributed by atoms with van der Waals surface area (Å²) in [5, 5.41) is 0. The Bertz CT molecular complexity index is 853. The van der Waals surface area contributed by atoms with Gasteiger partial charge in [-0.3, -0.25) is 9.69 Å². The maximum Gasteiger partial charge on any atom is 0.257 e. The van der Waals surface area contributed by atoms with Crippen LogP contribution in [0.1, 0.15) is 43.0 Å². The zero-order valence-electron chi connectivity index (χ0n) is 16.5. The number of thioether (sulfide) groups is 1. The Labute approximate surface area is 174 Å². The second kappa shape index (κ2) is 8.56. The number of amides is 1. The maximum absolute atomic E-state index is 14.9. The molecule has 6 heteroatoms. The summed E-state index contributed by atoms with van der Waals surface area (Å²) in [6.07, 6.45) is 6.52. The number of thiophene rings is 1. The summed E-state index contributed by atoms with van der Waals surface area (Å²) in [6, 6.07) is 9.91. The molecule has 3 heterocycles. The van der Waals surface area contributed by atoms with Crippen molar-refractivity contribution in [2.45, 2.75) is 48.9 Å². The summed E-state index contributed by atoms with van der Waals surface area (Å²) >= 11 is 3.33. The fourth-order valence-electron chi connectivity index (χ4n) is 4.41. The summed E-state index contributed by atoms with van der Waals surface area (Å²) in [7, 11) is 0. The van der Waals surface area contributed by atoms with Gasteiger partial charge in [0.1, 0.15) is 5.82 Å². The Morgan fingerprint density at radius 2 is 2.04 bits per heavy atom. The summed E-state index contributed by atoms with van der Waals surface area (Å²) in [4.78, 5) is 18.5. The normalized spacial score (nSPS) is 22.9. The van der Waals surface area contributed by atoms with Crippen LogP contribution in [-0.2, 0) is 0 Å². The number of rotatable bonds is 5. The van der Waals surface area contributed by atoms with Crippen LogP contribution in [0.4, 0.5) is 4.39 Å². The lowest BCUT2D eigenvalue weighted by molar-refractivity contribution is 0.0692. The molecule has 2 unspecified atom stereocenters. The number of halogens is 1. The van der Waals surface area contributed by atoms with Crippen molar-refractivity contribution in [2.75, 3.05) is 25.9 Å². The average molecular weight is 419 g/mol. The quantitative estimate of drug-likeness (QED) is 0.610. The number of carbonyl (C=O) groups is 1. The molecule has 0 spiro atoms. The molecule has 150 valence electrons. The van der Waals surface area contributed by atoms with Crippen LogP contribution in [0.3, 0.4) is 0 Å². The zero-order valence-corrected chi connectivity index (χ0v) is 18.1. The van der Waals surface area contributed by atoms with E-state index >= 15 is 0 Å². The largest absolute Gasteiger partial charge is 0.334 e. The van der Waals surface area contributed by atoms with E-state index in [1.165, 1.54) is 23.1 Å². The van der Waals surface area contributed by atoms with Crippen LogP contribution in [0, 0.1) is 5.82 Å². The first-order valence-corrected chi connectivity index (χ1v) is 12.1. The van der Waals surface area contributed by atoms with Crippen LogP contribution in [0.2, 0.25) is 0 Å². The van der Waals surface area contributed by atoms with Gasteiger partial charge in [-0.15, -0.1) is 23.1 Å². The Morgan fingerprint density at radius 1 is 1.21 bits per heavy atom. The number of hydrogen-bond acceptors (Lipinski definition) is 4. The SMILES string of the molecule is CSc1ccc(-c2ccc(C(=O)N3CCCC3CN3CCCC3C)c(F)c2)s1. The highest BCUT2D eigenvalue weighted by Crippen LogP contribution is 2.34. The number of likely N-dealkylation sites (tertiary alicyclic amines) is 2. The average Bonchev–Trinajstić information content (AvgIpc) is 3.43. The number of hydrogen-bond donors (Lipinski definition) is 0. The summed E-state index contributed by atoms with van der Waals surface area (Å²) in [5.74, 6) is -0.573. The van der Waals surface area contributed by atoms with Crippen molar-refractivity contribution in [3.8, 4) is 10.4 Å². The molecule has 2 aliphatic heterocycles. The molecule has 0 N–H and O–H groups in total. The molecule has 0 aliphatic carbocycles. The standard InChI is InChI=1S/C22H27FN2OS2/c1-15-5-3-11-24(15)14-17-6-4-12-25(17)22(26)18-8-7-16(13-19(18)23)20-9-10-21(27-2)28-20/h7-10,13,15,17H,3-6,11-12,14H2,1-2H3. The van der Waals surface area contributed by atoms with E-state index in [-0.39, 0.29) is 17.5 Å². The molecule has 2 saturated heterocycles. The monoisotopic (exact) mass is 418 g/mol. The van der Waals surface area contributed by atoms with Gasteiger partial charge in [-0.1, -0.05) is 6.07 Å². The van der Waals surface area contributed by atoms with Crippen LogP contribution in [0.25, 0.3) is 10.4 Å². The van der Waals surface area contributed by atoms with Gasteiger partial charge >= 0.3 is 0 Å². The van der Waals surface area contributed by atoms with Gasteiger partial charge in [0.2, 0.25) is 0 Å². The van der Waals surface area contributed by atoms with Gasteiger partial charge in [0.15, 0.2) is 0 Å². The molecule has 1 aromatic heterocycles. The van der Waals surface area contributed by atoms with Crippen molar-refractivity contribution in [3.05, 3.63) is 41.7 Å². The van der Waals surface area contributed by atoms with Crippen LogP contribution >= 0.6 is 23.1 Å². The molecule has 2 aromatic rings. The molecule has 0 radical (unpaired) electrons. The first kappa shape index (κ1) is 19.9. The van der Waals surface area contributed by atoms with E-state index < -0.39 is 5.82 Å². The van der Waals surface area contributed by atoms with Gasteiger partial charge < -0.3 is 4.90 Å². The summed E-state index contributed by atoms with van der Waals surface area (Å²) in [5.41, 5.74) is 1.04. The van der Waals surface area contributed by atoms with E-state index in [1.54, 1.807) is 29.2 Å². The second-order valence-electron chi connectivity index (χ2n) is 7.80. The molecular formula is C22H27FN2OS2. The minimum absolute atomic E-state index is 0.158. The maximum atomic E-state index is 14.9. The third-order valence-corrected chi connectivity index (χ3v) is 8.26. The number of carbonyl (C=O) groups excluding carboxylic acids is 1. The molecule has 1 aromatic carbocycles. The number of benzene rings is 1. The summed E-state index contributed by atoms with van der Waals surface area (Å²) in [6.45, 7) is 5.02. The van der Waals surface area contributed by atoms with Crippen molar-refractivity contribution in [1.29, 1.82) is 0 Å². The highest BCUT2D eigenvalue weighted by atomic mass is 32.2. The molecule has 4 rings (SSSR count). The van der Waals surface area contributed by atoms with Crippen molar-refractivity contribution >= 4 is 29.0 Å². The molecule has 0 saturated carbocycles. The van der Waals surface area contributed by atoms with E-state index in [9.17, 15) is 9.18 Å². The van der Waals surface area contributed by atoms with Gasteiger partial charge in [-0.25, -0.2) is 4.39 Å². The molecule has 2 fully saturated rings. The second-order valence-corrected chi connectivity index (χ2v) is 9.99. The van der Waals surface area contributed by atoms with Gasteiger partial charge in [-0.05, 0) is 75.2 Å². The van der Waals surface area contributed by atoms with Crippen molar-refractivity contribution < 1.29 is 9.18 Å². The van der Waals surface area contributed by atoms with Gasteiger partial charge in [0.05, 0.1) is 9.77 Å². The molecular weight excluding hydrogens is 391 g/mol. The van der Waals surface area contributed by atoms with Crippen LogP contribution in [-0.4, -0.2) is 53.7 Å². The van der Waals surface area contributed by atoms with Gasteiger partial charge in [-0.2, -0.15) is 0 Å². The third kappa shape index (κ3) is 4.00. The summed E-state index contributed by atoms with van der Waals surface area (Å²) < 4.78 is 16.1. The fourth-order valence-corrected chi connectivity index (χ4v) is 5.95. The molecule has 2 aliphatic rings. The smallest absolute Gasteiger partial charge is 0.257 e. The first-order valence-electron chi connectivity index (χ1n) is 10.1. The Morgan fingerprint density at radius 3 is 2.71 bits per heavy atom. The molecule has 1 amide bonds. The number of nitrogens with zero attached hydrogens (tertiary/aromatic N) is 2. The highest BCUT2D eigenvalue weighted by Gasteiger charge is 2.33. The van der Waals surface area contributed by atoms with Gasteiger partial charge in [0.25, 0.3) is 5.91 Å². The lowest BCUT2D eigenvalue weighted by atomic mass is 10.1. The zero-order chi connectivity index (χ0) is 19.7. The van der Waals surface area contributed by atoms with Crippen molar-refractivity contribution in [3.63, 3.8) is 0 Å². The Hall–Kier alpha value is -1.37. The Kier molecular flexibility index (Phi) is 6.09. The minimum Gasteiger partial charge on any atom is -0.334 e. The Balaban J connectivity index is 1.50. The third-order valence-electron chi connectivity index (χ3n) is 6.04. The van der Waals surface area contributed by atoms with E-state index in [0.29, 0.717) is 6.04 Å². The van der Waals surface area contributed by atoms with E-state index in [2.05, 4.69) is 17.9 Å². The van der Waals surface area contributed by atoms with Crippen LogP contribution in [0.5, 0.6) is 0 Å². The lowest BCUT2D eigenvalue weighted by Crippen LogP contribution is -2.44. The van der Waals surface area contributed by atoms with Crippen molar-refractivity contribution in [2.24, 2.45) is 0 Å². The van der Waals surface area contributed by atoms with Crippen molar-refractivity contribution in [1.82, 2.24) is 9.80 Å². The van der Waals surface area contributed by atoms with Crippen LogP contribution in [0.15, 0.2) is 34.5 Å². The van der Waals surface area contributed by atoms with E-state index in [1.807, 2.05) is 23.3 Å². The lowest BCUT2D eigenvalue weighted by Gasteiger charge is -2.31. The molecule has 0 bridgehead atoms. The molecule has 28 heavy (non-hydrogen) atoms. The predicted octanol–water partition coefficient (Wildman–Crippen LogP) is 5.37. The van der Waals surface area contributed by atoms with E-state index in [4.69, 9.17) is 0 Å². The topological polar surface area (TPSA) is 23.6 Å². The first-order chi connectivity index (χ1) is 13.6. The predicted molar refractivity (Wildman–Crippen MR) is 116 cm³/mol. The fraction of sp³-hybridized carbons (Fsp3) is 0.500. The minimum atomic E-state index is -0.415.